The lowest BCUT2D eigenvalue weighted by atomic mass is 9.96. The first kappa shape index (κ1) is 19.0. The first-order valence-electron chi connectivity index (χ1n) is 9.64. The van der Waals surface area contributed by atoms with Crippen molar-refractivity contribution in [1.29, 1.82) is 0 Å². The van der Waals surface area contributed by atoms with Gasteiger partial charge in [0.2, 0.25) is 12.7 Å². The van der Waals surface area contributed by atoms with Crippen LogP contribution < -0.4 is 14.8 Å². The molecule has 2 aromatic carbocycles. The molecule has 0 radical (unpaired) electrons. The van der Waals surface area contributed by atoms with E-state index in [2.05, 4.69) is 5.32 Å². The molecule has 0 saturated heterocycles. The van der Waals surface area contributed by atoms with Crippen molar-refractivity contribution in [2.45, 2.75) is 32.9 Å². The van der Waals surface area contributed by atoms with Crippen molar-refractivity contribution in [2.75, 3.05) is 6.79 Å². The van der Waals surface area contributed by atoms with Crippen molar-refractivity contribution >= 4 is 17.7 Å². The van der Waals surface area contributed by atoms with Crippen molar-refractivity contribution < 1.29 is 23.9 Å². The van der Waals surface area contributed by atoms with Gasteiger partial charge >= 0.3 is 0 Å². The Morgan fingerprint density at radius 3 is 2.38 bits per heavy atom. The van der Waals surface area contributed by atoms with Crippen LogP contribution in [-0.4, -0.2) is 35.5 Å². The van der Waals surface area contributed by atoms with Gasteiger partial charge in [-0.3, -0.25) is 19.3 Å². The first-order chi connectivity index (χ1) is 14.0. The molecule has 7 heteroatoms. The topological polar surface area (TPSA) is 84.9 Å². The van der Waals surface area contributed by atoms with Crippen molar-refractivity contribution in [2.24, 2.45) is 5.92 Å². The number of nitrogens with one attached hydrogen (secondary N) is 1. The third-order valence-corrected chi connectivity index (χ3v) is 5.46. The number of nitrogens with zero attached hydrogens (tertiary/aromatic N) is 1. The Morgan fingerprint density at radius 2 is 1.72 bits per heavy atom. The monoisotopic (exact) mass is 394 g/mol. The van der Waals surface area contributed by atoms with E-state index in [4.69, 9.17) is 9.47 Å². The highest BCUT2D eigenvalue weighted by Gasteiger charge is 2.44. The molecule has 2 atom stereocenters. The zero-order valence-electron chi connectivity index (χ0n) is 16.3. The van der Waals surface area contributed by atoms with Crippen LogP contribution in [0.1, 0.15) is 46.5 Å². The highest BCUT2D eigenvalue weighted by atomic mass is 16.7. The molecule has 2 unspecified atom stereocenters. The molecular formula is C22H22N2O5. The summed E-state index contributed by atoms with van der Waals surface area (Å²) >= 11 is 0. The molecule has 0 saturated carbocycles. The van der Waals surface area contributed by atoms with E-state index in [1.807, 2.05) is 26.0 Å². The van der Waals surface area contributed by atoms with E-state index in [0.717, 1.165) is 10.5 Å². The van der Waals surface area contributed by atoms with E-state index in [9.17, 15) is 14.4 Å². The van der Waals surface area contributed by atoms with Crippen LogP contribution in [0.3, 0.4) is 0 Å². The van der Waals surface area contributed by atoms with Crippen molar-refractivity contribution in [3.63, 3.8) is 0 Å². The summed E-state index contributed by atoms with van der Waals surface area (Å²) in [4.78, 5) is 39.9. The molecule has 2 heterocycles. The van der Waals surface area contributed by atoms with Crippen LogP contribution in [0.5, 0.6) is 11.5 Å². The van der Waals surface area contributed by atoms with Crippen LogP contribution in [0.2, 0.25) is 0 Å². The van der Waals surface area contributed by atoms with Crippen molar-refractivity contribution in [1.82, 2.24) is 10.2 Å². The summed E-state index contributed by atoms with van der Waals surface area (Å²) in [6.07, 6.45) is 0.648. The minimum absolute atomic E-state index is 0.182. The highest BCUT2D eigenvalue weighted by Crippen LogP contribution is 2.32. The van der Waals surface area contributed by atoms with Gasteiger partial charge in [-0.05, 0) is 35.7 Å². The average molecular weight is 394 g/mol. The largest absolute Gasteiger partial charge is 0.454 e. The molecule has 7 nitrogen and oxygen atoms in total. The van der Waals surface area contributed by atoms with Crippen LogP contribution in [0, 0.1) is 5.92 Å². The Balaban J connectivity index is 1.53. The van der Waals surface area contributed by atoms with Gasteiger partial charge in [0.15, 0.2) is 11.5 Å². The second-order valence-electron chi connectivity index (χ2n) is 7.26. The first-order valence-corrected chi connectivity index (χ1v) is 9.64. The number of fused-ring (bicyclic) bond motifs is 2. The van der Waals surface area contributed by atoms with Gasteiger partial charge in [-0.1, -0.05) is 38.5 Å². The van der Waals surface area contributed by atoms with Crippen LogP contribution in [0.25, 0.3) is 0 Å². The maximum atomic E-state index is 13.1. The van der Waals surface area contributed by atoms with Crippen LogP contribution >= 0.6 is 0 Å². The van der Waals surface area contributed by atoms with Crippen LogP contribution in [0.4, 0.5) is 0 Å². The maximum absolute atomic E-state index is 13.1. The molecular weight excluding hydrogens is 372 g/mol. The summed E-state index contributed by atoms with van der Waals surface area (Å²) in [7, 11) is 0. The molecule has 2 aromatic rings. The molecule has 0 aromatic heterocycles. The van der Waals surface area contributed by atoms with Gasteiger partial charge in [-0.2, -0.15) is 0 Å². The Bertz CT molecular complexity index is 952. The lowest BCUT2D eigenvalue weighted by molar-refractivity contribution is -0.126. The number of carbonyl (C=O) groups excluding carboxylic acids is 3. The molecule has 0 bridgehead atoms. The van der Waals surface area contributed by atoms with Gasteiger partial charge in [-0.25, -0.2) is 0 Å². The number of amides is 3. The summed E-state index contributed by atoms with van der Waals surface area (Å²) in [5.74, 6) is -0.0806. The van der Waals surface area contributed by atoms with Gasteiger partial charge in [0.1, 0.15) is 6.04 Å². The molecule has 29 heavy (non-hydrogen) atoms. The molecule has 2 aliphatic heterocycles. The Kier molecular flexibility index (Phi) is 4.96. The van der Waals surface area contributed by atoms with Crippen LogP contribution in [-0.2, 0) is 11.3 Å². The fraction of sp³-hybridized carbons (Fsp3) is 0.318. The number of benzene rings is 2. The van der Waals surface area contributed by atoms with Crippen molar-refractivity contribution in [3.8, 4) is 11.5 Å². The van der Waals surface area contributed by atoms with E-state index >= 15 is 0 Å². The average Bonchev–Trinajstić information content (AvgIpc) is 3.30. The molecule has 2 aliphatic rings. The fourth-order valence-electron chi connectivity index (χ4n) is 3.66. The molecule has 4 rings (SSSR count). The summed E-state index contributed by atoms with van der Waals surface area (Å²) in [5.41, 5.74) is 1.52. The van der Waals surface area contributed by atoms with Gasteiger partial charge in [0, 0.05) is 6.54 Å². The van der Waals surface area contributed by atoms with E-state index in [1.54, 1.807) is 30.3 Å². The zero-order valence-corrected chi connectivity index (χ0v) is 16.3. The van der Waals surface area contributed by atoms with Gasteiger partial charge in [0.25, 0.3) is 11.8 Å². The van der Waals surface area contributed by atoms with E-state index in [-0.39, 0.29) is 25.2 Å². The summed E-state index contributed by atoms with van der Waals surface area (Å²) in [6, 6.07) is 11.2. The number of carbonyl (C=O) groups is 3. The summed E-state index contributed by atoms with van der Waals surface area (Å²) < 4.78 is 10.7. The molecule has 150 valence electrons. The maximum Gasteiger partial charge on any atom is 0.262 e. The Labute approximate surface area is 168 Å². The molecule has 0 fully saturated rings. The number of hydrogen-bond donors (Lipinski definition) is 1. The van der Waals surface area contributed by atoms with Crippen LogP contribution in [0.15, 0.2) is 42.5 Å². The zero-order chi connectivity index (χ0) is 20.5. The van der Waals surface area contributed by atoms with Crippen molar-refractivity contribution in [3.05, 3.63) is 59.2 Å². The van der Waals surface area contributed by atoms with E-state index < -0.39 is 17.9 Å². The SMILES string of the molecule is CCC(C)C(C(=O)NCc1ccc2c(c1)OCO2)N1C(=O)c2ccccc2C1=O. The molecule has 1 N–H and O–H groups in total. The number of ether oxygens (including phenoxy) is 2. The lowest BCUT2D eigenvalue weighted by Crippen LogP contribution is -2.52. The summed E-state index contributed by atoms with van der Waals surface area (Å²) in [5, 5.41) is 2.87. The minimum Gasteiger partial charge on any atom is -0.454 e. The summed E-state index contributed by atoms with van der Waals surface area (Å²) in [6.45, 7) is 4.24. The second kappa shape index (κ2) is 7.58. The molecule has 0 spiro atoms. The number of imide groups is 1. The lowest BCUT2D eigenvalue weighted by Gasteiger charge is -2.29. The Hall–Kier alpha value is -3.35. The number of rotatable bonds is 6. The molecule has 0 aliphatic carbocycles. The predicted molar refractivity (Wildman–Crippen MR) is 105 cm³/mol. The normalized spacial score (nSPS) is 16.6. The molecule has 3 amide bonds. The second-order valence-corrected chi connectivity index (χ2v) is 7.26. The third kappa shape index (κ3) is 3.33. The van der Waals surface area contributed by atoms with E-state index in [0.29, 0.717) is 29.0 Å². The van der Waals surface area contributed by atoms with Gasteiger partial charge < -0.3 is 14.8 Å². The number of hydrogen-bond acceptors (Lipinski definition) is 5. The smallest absolute Gasteiger partial charge is 0.262 e. The predicted octanol–water partition coefficient (Wildman–Crippen LogP) is 2.74. The highest BCUT2D eigenvalue weighted by molar-refractivity contribution is 6.22. The van der Waals surface area contributed by atoms with Gasteiger partial charge in [-0.15, -0.1) is 0 Å². The van der Waals surface area contributed by atoms with Gasteiger partial charge in [0.05, 0.1) is 11.1 Å². The quantitative estimate of drug-likeness (QED) is 0.762. The fourth-order valence-corrected chi connectivity index (χ4v) is 3.66. The third-order valence-electron chi connectivity index (χ3n) is 5.46. The standard InChI is InChI=1S/C22H22N2O5/c1-3-13(2)19(24-21(26)15-6-4-5-7-16(15)22(24)27)20(25)23-11-14-8-9-17-18(10-14)29-12-28-17/h4-10,13,19H,3,11-12H2,1-2H3,(H,23,25). The van der Waals surface area contributed by atoms with E-state index in [1.165, 1.54) is 0 Å². The minimum atomic E-state index is -0.874. The Morgan fingerprint density at radius 1 is 1.07 bits per heavy atom.